The Morgan fingerprint density at radius 2 is 1.33 bits per heavy atom. The van der Waals surface area contributed by atoms with Crippen molar-refractivity contribution in [3.05, 3.63) is 42.0 Å². The smallest absolute Gasteiger partial charge is 0.356 e. The SMILES string of the molecule is O.O.O=P(O)(O)Cc1ccc(P(=O)(O)O)c2ccccc12. The first-order valence-corrected chi connectivity index (χ1v) is 8.71. The number of hydrogen-bond donors (Lipinski definition) is 4. The van der Waals surface area contributed by atoms with Crippen molar-refractivity contribution < 1.29 is 39.7 Å². The van der Waals surface area contributed by atoms with Crippen LogP contribution in [0.15, 0.2) is 36.4 Å². The van der Waals surface area contributed by atoms with Crippen molar-refractivity contribution in [3.63, 3.8) is 0 Å². The van der Waals surface area contributed by atoms with Crippen molar-refractivity contribution in [1.29, 1.82) is 0 Å². The van der Waals surface area contributed by atoms with Gasteiger partial charge in [-0.2, -0.15) is 0 Å². The van der Waals surface area contributed by atoms with Crippen molar-refractivity contribution in [2.75, 3.05) is 0 Å². The van der Waals surface area contributed by atoms with E-state index in [2.05, 4.69) is 0 Å². The monoisotopic (exact) mass is 338 g/mol. The summed E-state index contributed by atoms with van der Waals surface area (Å²) in [5, 5.41) is 0.603. The molecular formula is C11H16O8P2. The van der Waals surface area contributed by atoms with Crippen molar-refractivity contribution in [2.24, 2.45) is 0 Å². The molecule has 10 heteroatoms. The molecule has 0 radical (unpaired) electrons. The highest BCUT2D eigenvalue weighted by atomic mass is 31.2. The van der Waals surface area contributed by atoms with Crippen LogP contribution in [-0.4, -0.2) is 30.5 Å². The maximum absolute atomic E-state index is 11.4. The van der Waals surface area contributed by atoms with Crippen LogP contribution in [0.4, 0.5) is 0 Å². The molecule has 2 rings (SSSR count). The molecule has 0 spiro atoms. The zero-order chi connectivity index (χ0) is 14.3. The minimum Gasteiger partial charge on any atom is -0.412 e. The highest BCUT2D eigenvalue weighted by Gasteiger charge is 2.23. The molecule has 0 aliphatic rings. The molecule has 0 bridgehead atoms. The van der Waals surface area contributed by atoms with Gasteiger partial charge in [-0.3, -0.25) is 9.13 Å². The lowest BCUT2D eigenvalue weighted by Crippen LogP contribution is -2.06. The fourth-order valence-electron chi connectivity index (χ4n) is 1.96. The molecule has 0 aliphatic carbocycles. The number of fused-ring (bicyclic) bond motifs is 1. The lowest BCUT2D eigenvalue weighted by Gasteiger charge is -2.12. The molecule has 0 atom stereocenters. The maximum Gasteiger partial charge on any atom is 0.356 e. The van der Waals surface area contributed by atoms with Gasteiger partial charge in [0.25, 0.3) is 0 Å². The molecule has 8 N–H and O–H groups in total. The first-order valence-electron chi connectivity index (χ1n) is 5.30. The Morgan fingerprint density at radius 1 is 0.810 bits per heavy atom. The average molecular weight is 338 g/mol. The van der Waals surface area contributed by atoms with Gasteiger partial charge in [0.2, 0.25) is 0 Å². The van der Waals surface area contributed by atoms with Crippen LogP contribution in [0.5, 0.6) is 0 Å². The van der Waals surface area contributed by atoms with Crippen LogP contribution in [0.2, 0.25) is 0 Å². The quantitative estimate of drug-likeness (QED) is 0.556. The molecule has 0 aliphatic heterocycles. The molecule has 8 nitrogen and oxygen atoms in total. The van der Waals surface area contributed by atoms with Gasteiger partial charge < -0.3 is 30.5 Å². The van der Waals surface area contributed by atoms with E-state index in [4.69, 9.17) is 9.79 Å². The number of benzene rings is 2. The highest BCUT2D eigenvalue weighted by molar-refractivity contribution is 7.60. The largest absolute Gasteiger partial charge is 0.412 e. The Kier molecular flexibility index (Phi) is 6.44. The third-order valence-corrected chi connectivity index (χ3v) is 4.45. The van der Waals surface area contributed by atoms with E-state index >= 15 is 0 Å². The summed E-state index contributed by atoms with van der Waals surface area (Å²) in [5.74, 6) is 0. The molecule has 0 aromatic heterocycles. The molecule has 0 saturated carbocycles. The van der Waals surface area contributed by atoms with Crippen LogP contribution in [-0.2, 0) is 15.3 Å². The van der Waals surface area contributed by atoms with E-state index < -0.39 is 21.4 Å². The van der Waals surface area contributed by atoms with Crippen LogP contribution in [0, 0.1) is 0 Å². The second-order valence-electron chi connectivity index (χ2n) is 4.16. The summed E-state index contributed by atoms with van der Waals surface area (Å²) >= 11 is 0. The van der Waals surface area contributed by atoms with E-state index in [-0.39, 0.29) is 16.3 Å². The standard InChI is InChI=1S/C11H12O6P2.2H2O/c12-18(13,14)7-8-5-6-11(19(15,16)17)10-4-2-1-3-9(8)10;;/h1-6H,7H2,(H2,12,13,14)(H2,15,16,17);2*1H2. The minimum atomic E-state index is -4.43. The summed E-state index contributed by atoms with van der Waals surface area (Å²) in [5.41, 5.74) is 0.362. The Morgan fingerprint density at radius 3 is 1.81 bits per heavy atom. The molecule has 0 amide bonds. The highest BCUT2D eigenvalue weighted by Crippen LogP contribution is 2.42. The lowest BCUT2D eigenvalue weighted by molar-refractivity contribution is 0.371. The fourth-order valence-corrected chi connectivity index (χ4v) is 3.46. The summed E-state index contributed by atoms with van der Waals surface area (Å²) in [4.78, 5) is 36.6. The van der Waals surface area contributed by atoms with Crippen LogP contribution >= 0.6 is 15.2 Å². The van der Waals surface area contributed by atoms with E-state index in [1.165, 1.54) is 18.2 Å². The van der Waals surface area contributed by atoms with Gasteiger partial charge in [-0.25, -0.2) is 0 Å². The van der Waals surface area contributed by atoms with E-state index in [1.807, 2.05) is 0 Å². The van der Waals surface area contributed by atoms with E-state index in [9.17, 15) is 18.9 Å². The topological polar surface area (TPSA) is 178 Å². The molecule has 0 saturated heterocycles. The first-order chi connectivity index (χ1) is 8.68. The van der Waals surface area contributed by atoms with E-state index in [0.717, 1.165) is 0 Å². The Bertz CT molecular complexity index is 717. The van der Waals surface area contributed by atoms with Crippen molar-refractivity contribution in [2.45, 2.75) is 6.16 Å². The average Bonchev–Trinajstić information content (AvgIpc) is 2.25. The molecule has 0 unspecified atom stereocenters. The van der Waals surface area contributed by atoms with Crippen molar-refractivity contribution in [1.82, 2.24) is 0 Å². The molecule has 118 valence electrons. The summed E-state index contributed by atoms with van der Waals surface area (Å²) in [7, 11) is -8.67. The molecule has 0 fully saturated rings. The lowest BCUT2D eigenvalue weighted by atomic mass is 10.1. The van der Waals surface area contributed by atoms with Gasteiger partial charge in [0.15, 0.2) is 0 Å². The van der Waals surface area contributed by atoms with Crippen LogP contribution in [0.1, 0.15) is 5.56 Å². The Balaban J connectivity index is 0.00000200. The third kappa shape index (κ3) is 4.71. The van der Waals surface area contributed by atoms with Crippen LogP contribution < -0.4 is 5.30 Å². The van der Waals surface area contributed by atoms with Gasteiger partial charge in [-0.05, 0) is 22.4 Å². The van der Waals surface area contributed by atoms with Crippen LogP contribution in [0.25, 0.3) is 10.8 Å². The molecule has 2 aromatic carbocycles. The Labute approximate surface area is 120 Å². The second-order valence-corrected chi connectivity index (χ2v) is 7.37. The normalized spacial score (nSPS) is 11.6. The summed E-state index contributed by atoms with van der Waals surface area (Å²) in [6, 6.07) is 8.92. The van der Waals surface area contributed by atoms with Gasteiger partial charge in [0.05, 0.1) is 11.5 Å². The summed E-state index contributed by atoms with van der Waals surface area (Å²) < 4.78 is 22.5. The van der Waals surface area contributed by atoms with Gasteiger partial charge >= 0.3 is 15.2 Å². The summed E-state index contributed by atoms with van der Waals surface area (Å²) in [6.07, 6.45) is -0.463. The molecule has 21 heavy (non-hydrogen) atoms. The van der Waals surface area contributed by atoms with Crippen molar-refractivity contribution >= 4 is 31.3 Å². The molecule has 0 heterocycles. The Hall–Kier alpha value is -1.08. The van der Waals surface area contributed by atoms with Crippen molar-refractivity contribution in [3.8, 4) is 0 Å². The van der Waals surface area contributed by atoms with E-state index in [0.29, 0.717) is 16.3 Å². The van der Waals surface area contributed by atoms with Gasteiger partial charge in [-0.1, -0.05) is 30.3 Å². The fraction of sp³-hybridized carbons (Fsp3) is 0.0909. The van der Waals surface area contributed by atoms with Gasteiger partial charge in [0, 0.05) is 0 Å². The number of rotatable bonds is 3. The van der Waals surface area contributed by atoms with Crippen LogP contribution in [0.3, 0.4) is 0 Å². The molecule has 2 aromatic rings. The summed E-state index contributed by atoms with van der Waals surface area (Å²) in [6.45, 7) is 0. The maximum atomic E-state index is 11.4. The predicted octanol–water partition coefficient (Wildman–Crippen LogP) is -0.329. The molecular weight excluding hydrogens is 322 g/mol. The zero-order valence-electron chi connectivity index (χ0n) is 10.7. The zero-order valence-corrected chi connectivity index (χ0v) is 12.5. The first kappa shape index (κ1) is 19.9. The minimum absolute atomic E-state index is 0. The van der Waals surface area contributed by atoms with Gasteiger partial charge in [-0.15, -0.1) is 0 Å². The van der Waals surface area contributed by atoms with Gasteiger partial charge in [0.1, 0.15) is 0 Å². The van der Waals surface area contributed by atoms with E-state index in [1.54, 1.807) is 18.2 Å². The number of hydrogen-bond acceptors (Lipinski definition) is 2. The third-order valence-electron chi connectivity index (χ3n) is 2.68. The second kappa shape index (κ2) is 6.79. The predicted molar refractivity (Wildman–Crippen MR) is 78.6 cm³/mol.